The van der Waals surface area contributed by atoms with Gasteiger partial charge in [-0.05, 0) is 49.2 Å². The van der Waals surface area contributed by atoms with Crippen molar-refractivity contribution in [3.63, 3.8) is 0 Å². The molecule has 1 aliphatic rings. The number of nitrogens with zero attached hydrogens (tertiary/aromatic N) is 2. The highest BCUT2D eigenvalue weighted by Gasteiger charge is 2.31. The summed E-state index contributed by atoms with van der Waals surface area (Å²) >= 11 is 0. The minimum Gasteiger partial charge on any atom is -0.497 e. The minimum absolute atomic E-state index is 0.151. The number of piperidine rings is 1. The van der Waals surface area contributed by atoms with Gasteiger partial charge in [0.05, 0.1) is 12.7 Å². The third-order valence-electron chi connectivity index (χ3n) is 4.28. The van der Waals surface area contributed by atoms with Crippen LogP contribution in [0, 0.1) is 0 Å². The number of nitrogens with one attached hydrogen (secondary N) is 1. The maximum absolute atomic E-state index is 12.9. The van der Waals surface area contributed by atoms with E-state index in [2.05, 4.69) is 10.3 Å². The highest BCUT2D eigenvalue weighted by Crippen LogP contribution is 2.31. The van der Waals surface area contributed by atoms with E-state index in [4.69, 9.17) is 4.74 Å². The Morgan fingerprint density at radius 3 is 2.64 bits per heavy atom. The number of rotatable bonds is 4. The fraction of sp³-hybridized carbons (Fsp3) is 0.389. The normalized spacial score (nSPS) is 18.1. The summed E-state index contributed by atoms with van der Waals surface area (Å²) in [5, 5.41) is 3.43. The Labute approximate surface area is 144 Å². The minimum atomic E-state index is -4.35. The quantitative estimate of drug-likeness (QED) is 0.896. The van der Waals surface area contributed by atoms with Crippen molar-refractivity contribution in [2.75, 3.05) is 30.4 Å². The zero-order valence-corrected chi connectivity index (χ0v) is 13.9. The van der Waals surface area contributed by atoms with Gasteiger partial charge in [-0.3, -0.25) is 0 Å². The molecular weight excluding hydrogens is 331 g/mol. The van der Waals surface area contributed by atoms with Crippen LogP contribution in [-0.4, -0.2) is 31.2 Å². The molecule has 1 N–H and O–H groups in total. The number of halogens is 3. The summed E-state index contributed by atoms with van der Waals surface area (Å²) in [6, 6.07) is 9.88. The molecule has 2 heterocycles. The predicted molar refractivity (Wildman–Crippen MR) is 91.1 cm³/mol. The molecule has 1 fully saturated rings. The van der Waals surface area contributed by atoms with Gasteiger partial charge in [-0.2, -0.15) is 13.2 Å². The molecule has 0 unspecified atom stereocenters. The standard InChI is InChI=1S/C18H20F3N3O/c1-25-16-6-4-14(5-7-16)23-15-3-2-10-24(12-15)17-11-13(8-9-22-17)18(19,20)21/h4-9,11,15,23H,2-3,10,12H2,1H3/t15-/m0/s1. The molecule has 0 saturated carbocycles. The van der Waals surface area contributed by atoms with Crippen LogP contribution in [0.15, 0.2) is 42.6 Å². The van der Waals surface area contributed by atoms with Crippen LogP contribution in [0.1, 0.15) is 18.4 Å². The lowest BCUT2D eigenvalue weighted by Crippen LogP contribution is -2.42. The Bertz CT molecular complexity index is 703. The Hall–Kier alpha value is -2.44. The molecule has 2 aromatic rings. The van der Waals surface area contributed by atoms with E-state index in [1.807, 2.05) is 29.2 Å². The van der Waals surface area contributed by atoms with E-state index >= 15 is 0 Å². The monoisotopic (exact) mass is 351 g/mol. The van der Waals surface area contributed by atoms with Gasteiger partial charge in [0.15, 0.2) is 0 Å². The zero-order valence-electron chi connectivity index (χ0n) is 13.9. The van der Waals surface area contributed by atoms with Crippen LogP contribution < -0.4 is 15.0 Å². The summed E-state index contributed by atoms with van der Waals surface area (Å²) in [7, 11) is 1.61. The molecule has 1 aromatic heterocycles. The van der Waals surface area contributed by atoms with Gasteiger partial charge in [-0.15, -0.1) is 0 Å². The highest BCUT2D eigenvalue weighted by atomic mass is 19.4. The van der Waals surface area contributed by atoms with Crippen LogP contribution in [0.2, 0.25) is 0 Å². The number of benzene rings is 1. The lowest BCUT2D eigenvalue weighted by molar-refractivity contribution is -0.137. The van der Waals surface area contributed by atoms with Gasteiger partial charge in [0, 0.05) is 31.0 Å². The van der Waals surface area contributed by atoms with Gasteiger partial charge in [0.25, 0.3) is 0 Å². The molecule has 4 nitrogen and oxygen atoms in total. The zero-order chi connectivity index (χ0) is 17.9. The molecule has 0 radical (unpaired) electrons. The number of alkyl halides is 3. The smallest absolute Gasteiger partial charge is 0.416 e. The average molecular weight is 351 g/mol. The van der Waals surface area contributed by atoms with Crippen molar-refractivity contribution in [1.29, 1.82) is 0 Å². The fourth-order valence-corrected chi connectivity index (χ4v) is 2.99. The summed E-state index contributed by atoms with van der Waals surface area (Å²) in [6.07, 6.45) is -1.28. The predicted octanol–water partition coefficient (Wildman–Crippen LogP) is 4.19. The van der Waals surface area contributed by atoms with E-state index < -0.39 is 11.7 Å². The maximum atomic E-state index is 12.9. The maximum Gasteiger partial charge on any atom is 0.416 e. The average Bonchev–Trinajstić information content (AvgIpc) is 2.62. The Morgan fingerprint density at radius 2 is 1.96 bits per heavy atom. The van der Waals surface area contributed by atoms with Gasteiger partial charge in [-0.1, -0.05) is 0 Å². The first-order chi connectivity index (χ1) is 12.0. The number of hydrogen-bond donors (Lipinski definition) is 1. The number of methoxy groups -OCH3 is 1. The van der Waals surface area contributed by atoms with E-state index in [1.54, 1.807) is 7.11 Å². The van der Waals surface area contributed by atoms with Gasteiger partial charge >= 0.3 is 6.18 Å². The van der Waals surface area contributed by atoms with Gasteiger partial charge in [0.1, 0.15) is 11.6 Å². The Morgan fingerprint density at radius 1 is 1.20 bits per heavy atom. The fourth-order valence-electron chi connectivity index (χ4n) is 2.99. The number of ether oxygens (including phenoxy) is 1. The molecule has 1 aliphatic heterocycles. The number of pyridine rings is 1. The molecule has 1 atom stereocenters. The largest absolute Gasteiger partial charge is 0.497 e. The third-order valence-corrected chi connectivity index (χ3v) is 4.28. The van der Waals surface area contributed by atoms with Crippen LogP contribution in [0.25, 0.3) is 0 Å². The molecule has 7 heteroatoms. The molecule has 0 amide bonds. The third kappa shape index (κ3) is 4.35. The SMILES string of the molecule is COc1ccc(N[C@H]2CCCN(c3cc(C(F)(F)F)ccn3)C2)cc1. The molecule has 1 saturated heterocycles. The molecule has 134 valence electrons. The van der Waals surface area contributed by atoms with Crippen LogP contribution in [0.3, 0.4) is 0 Å². The van der Waals surface area contributed by atoms with Crippen molar-refractivity contribution in [1.82, 2.24) is 4.98 Å². The number of aromatic nitrogens is 1. The molecule has 25 heavy (non-hydrogen) atoms. The summed E-state index contributed by atoms with van der Waals surface area (Å²) < 4.78 is 43.8. The first kappa shape index (κ1) is 17.4. The number of hydrogen-bond acceptors (Lipinski definition) is 4. The van der Waals surface area contributed by atoms with Crippen molar-refractivity contribution in [2.45, 2.75) is 25.1 Å². The van der Waals surface area contributed by atoms with E-state index in [1.165, 1.54) is 6.20 Å². The van der Waals surface area contributed by atoms with Crippen LogP contribution in [0.5, 0.6) is 5.75 Å². The van der Waals surface area contributed by atoms with Crippen molar-refractivity contribution in [3.8, 4) is 5.75 Å². The van der Waals surface area contributed by atoms with E-state index in [9.17, 15) is 13.2 Å². The summed E-state index contributed by atoms with van der Waals surface area (Å²) in [6.45, 7) is 1.31. The van der Waals surface area contributed by atoms with E-state index in [-0.39, 0.29) is 6.04 Å². The second-order valence-corrected chi connectivity index (χ2v) is 6.06. The van der Waals surface area contributed by atoms with Crippen LogP contribution in [0.4, 0.5) is 24.7 Å². The number of anilines is 2. The van der Waals surface area contributed by atoms with Crippen LogP contribution in [-0.2, 0) is 6.18 Å². The molecule has 0 aliphatic carbocycles. The van der Waals surface area contributed by atoms with E-state index in [0.717, 1.165) is 36.4 Å². The van der Waals surface area contributed by atoms with Crippen molar-refractivity contribution < 1.29 is 17.9 Å². The molecule has 1 aromatic carbocycles. The molecule has 3 rings (SSSR count). The van der Waals surface area contributed by atoms with Crippen molar-refractivity contribution in [3.05, 3.63) is 48.2 Å². The Kier molecular flexibility index (Phi) is 5.01. The summed E-state index contributed by atoms with van der Waals surface area (Å²) in [4.78, 5) is 6.03. The first-order valence-corrected chi connectivity index (χ1v) is 8.14. The highest BCUT2D eigenvalue weighted by molar-refractivity contribution is 5.49. The Balaban J connectivity index is 1.68. The lowest BCUT2D eigenvalue weighted by atomic mass is 10.0. The van der Waals surface area contributed by atoms with Crippen molar-refractivity contribution in [2.24, 2.45) is 0 Å². The van der Waals surface area contributed by atoms with E-state index in [0.29, 0.717) is 18.9 Å². The van der Waals surface area contributed by atoms with Gasteiger partial charge in [0.2, 0.25) is 0 Å². The first-order valence-electron chi connectivity index (χ1n) is 8.14. The van der Waals surface area contributed by atoms with Crippen LogP contribution >= 0.6 is 0 Å². The van der Waals surface area contributed by atoms with Gasteiger partial charge in [-0.25, -0.2) is 4.98 Å². The molecule has 0 spiro atoms. The second kappa shape index (κ2) is 7.21. The summed E-state index contributed by atoms with van der Waals surface area (Å²) in [5.41, 5.74) is 0.299. The second-order valence-electron chi connectivity index (χ2n) is 6.06. The molecular formula is C18H20F3N3O. The van der Waals surface area contributed by atoms with Gasteiger partial charge < -0.3 is 15.0 Å². The topological polar surface area (TPSA) is 37.4 Å². The van der Waals surface area contributed by atoms with Crippen molar-refractivity contribution >= 4 is 11.5 Å². The summed E-state index contributed by atoms with van der Waals surface area (Å²) in [5.74, 6) is 1.15. The lowest BCUT2D eigenvalue weighted by Gasteiger charge is -2.34. The molecule has 0 bridgehead atoms.